The van der Waals surface area contributed by atoms with Gasteiger partial charge in [0.1, 0.15) is 0 Å². The Balaban J connectivity index is 1.83. The molecule has 0 N–H and O–H groups in total. The predicted molar refractivity (Wildman–Crippen MR) is 82.9 cm³/mol. The van der Waals surface area contributed by atoms with Crippen molar-refractivity contribution in [1.82, 2.24) is 0 Å². The lowest BCUT2D eigenvalue weighted by Crippen LogP contribution is -2.25. The van der Waals surface area contributed by atoms with Crippen LogP contribution in [0, 0.1) is 0 Å². The summed E-state index contributed by atoms with van der Waals surface area (Å²) in [5.74, 6) is 0. The van der Waals surface area contributed by atoms with Crippen LogP contribution in [0.15, 0.2) is 42.5 Å². The molecule has 2 aromatic carbocycles. The Labute approximate surface area is 124 Å². The number of hydrogen-bond donors (Lipinski definition) is 0. The molecule has 20 heavy (non-hydrogen) atoms. The van der Waals surface area contributed by atoms with Crippen molar-refractivity contribution in [3.8, 4) is 0 Å². The van der Waals surface area contributed by atoms with Crippen molar-refractivity contribution >= 4 is 23.6 Å². The normalized spacial score (nSPS) is 14.6. The molecule has 3 heteroatoms. The van der Waals surface area contributed by atoms with Crippen molar-refractivity contribution in [2.45, 2.75) is 12.8 Å². The molecule has 0 radical (unpaired) electrons. The largest absolute Gasteiger partial charge is 0.371 e. The minimum atomic E-state index is 0.527. The molecule has 102 valence electrons. The smallest absolute Gasteiger partial charge is 0.151 e. The van der Waals surface area contributed by atoms with Gasteiger partial charge in [0, 0.05) is 24.3 Å². The Morgan fingerprint density at radius 2 is 1.65 bits per heavy atom. The molecule has 0 spiro atoms. The van der Waals surface area contributed by atoms with Crippen LogP contribution < -0.4 is 4.90 Å². The molecule has 0 fully saturated rings. The van der Waals surface area contributed by atoms with E-state index in [9.17, 15) is 4.79 Å². The van der Waals surface area contributed by atoms with Crippen molar-refractivity contribution in [1.29, 1.82) is 0 Å². The molecule has 1 heterocycles. The summed E-state index contributed by atoms with van der Waals surface area (Å²) in [6, 6.07) is 14.3. The van der Waals surface area contributed by atoms with E-state index in [4.69, 9.17) is 11.6 Å². The van der Waals surface area contributed by atoms with Crippen LogP contribution >= 0.6 is 11.6 Å². The van der Waals surface area contributed by atoms with E-state index >= 15 is 0 Å². The number of carbonyl (C=O) groups excluding carboxylic acids is 1. The first-order chi connectivity index (χ1) is 9.78. The molecular weight excluding hydrogens is 270 g/mol. The fourth-order valence-corrected chi connectivity index (χ4v) is 2.95. The molecule has 2 aromatic rings. The second-order valence-corrected chi connectivity index (χ2v) is 5.49. The zero-order chi connectivity index (χ0) is 13.9. The van der Waals surface area contributed by atoms with Crippen LogP contribution in [0.2, 0.25) is 5.02 Å². The number of hydrogen-bond acceptors (Lipinski definition) is 2. The van der Waals surface area contributed by atoms with Gasteiger partial charge in [-0.05, 0) is 42.2 Å². The van der Waals surface area contributed by atoms with Gasteiger partial charge in [-0.25, -0.2) is 0 Å². The van der Waals surface area contributed by atoms with Gasteiger partial charge in [0.05, 0.1) is 5.02 Å². The summed E-state index contributed by atoms with van der Waals surface area (Å²) in [4.78, 5) is 13.2. The van der Waals surface area contributed by atoms with E-state index in [2.05, 4.69) is 29.2 Å². The van der Waals surface area contributed by atoms with Gasteiger partial charge in [0.25, 0.3) is 0 Å². The second-order valence-electron chi connectivity index (χ2n) is 5.08. The summed E-state index contributed by atoms with van der Waals surface area (Å²) in [5.41, 5.74) is 4.51. The third kappa shape index (κ3) is 2.56. The van der Waals surface area contributed by atoms with Gasteiger partial charge < -0.3 is 4.90 Å². The van der Waals surface area contributed by atoms with Gasteiger partial charge in [-0.2, -0.15) is 0 Å². The number of halogens is 1. The molecular formula is C17H16ClNO. The van der Waals surface area contributed by atoms with Crippen molar-refractivity contribution in [3.63, 3.8) is 0 Å². The lowest BCUT2D eigenvalue weighted by molar-refractivity contribution is 0.112. The highest BCUT2D eigenvalue weighted by molar-refractivity contribution is 6.33. The van der Waals surface area contributed by atoms with Crippen molar-refractivity contribution in [2.75, 3.05) is 18.0 Å². The first-order valence-electron chi connectivity index (χ1n) is 6.84. The summed E-state index contributed by atoms with van der Waals surface area (Å²) in [5, 5.41) is 0.527. The summed E-state index contributed by atoms with van der Waals surface area (Å²) >= 11 is 6.12. The standard InChI is InChI=1S/C17H16ClNO/c18-17-11-16(6-5-15(17)12-20)19-9-7-13-3-1-2-4-14(13)8-10-19/h1-6,11-12H,7-10H2. The maximum atomic E-state index is 10.8. The van der Waals surface area contributed by atoms with Crippen molar-refractivity contribution in [2.24, 2.45) is 0 Å². The predicted octanol–water partition coefficient (Wildman–Crippen LogP) is 3.76. The van der Waals surface area contributed by atoms with E-state index < -0.39 is 0 Å². The van der Waals surface area contributed by atoms with Crippen LogP contribution in [0.5, 0.6) is 0 Å². The fourth-order valence-electron chi connectivity index (χ4n) is 2.73. The molecule has 0 aromatic heterocycles. The number of fused-ring (bicyclic) bond motifs is 1. The number of anilines is 1. The second kappa shape index (κ2) is 5.68. The van der Waals surface area contributed by atoms with Crippen molar-refractivity contribution < 1.29 is 4.79 Å². The average molecular weight is 286 g/mol. The van der Waals surface area contributed by atoms with E-state index in [1.54, 1.807) is 6.07 Å². The minimum absolute atomic E-state index is 0.527. The van der Waals surface area contributed by atoms with Crippen molar-refractivity contribution in [3.05, 3.63) is 64.2 Å². The molecule has 0 aliphatic carbocycles. The maximum Gasteiger partial charge on any atom is 0.151 e. The minimum Gasteiger partial charge on any atom is -0.371 e. The number of benzene rings is 2. The van der Waals surface area contributed by atoms with Crippen LogP contribution in [0.3, 0.4) is 0 Å². The molecule has 0 saturated heterocycles. The maximum absolute atomic E-state index is 10.8. The molecule has 0 saturated carbocycles. The molecule has 3 rings (SSSR count). The molecule has 0 bridgehead atoms. The highest BCUT2D eigenvalue weighted by Crippen LogP contribution is 2.25. The summed E-state index contributed by atoms with van der Waals surface area (Å²) in [6.45, 7) is 1.96. The molecule has 1 aliphatic rings. The first kappa shape index (κ1) is 13.2. The summed E-state index contributed by atoms with van der Waals surface area (Å²) in [7, 11) is 0. The number of carbonyl (C=O) groups is 1. The van der Waals surface area contributed by atoms with Gasteiger partial charge in [-0.1, -0.05) is 35.9 Å². The Morgan fingerprint density at radius 3 is 2.20 bits per heavy atom. The summed E-state index contributed by atoms with van der Waals surface area (Å²) in [6.07, 6.45) is 2.89. The molecule has 0 atom stereocenters. The average Bonchev–Trinajstić information content (AvgIpc) is 2.70. The van der Waals surface area contributed by atoms with Gasteiger partial charge in [0.15, 0.2) is 6.29 Å². The third-order valence-corrected chi connectivity index (χ3v) is 4.22. The zero-order valence-corrected chi connectivity index (χ0v) is 11.9. The SMILES string of the molecule is O=Cc1ccc(N2CCc3ccccc3CC2)cc1Cl. The Bertz CT molecular complexity index is 612. The van der Waals surface area contributed by atoms with Crippen LogP contribution in [0.1, 0.15) is 21.5 Å². The highest BCUT2D eigenvalue weighted by Gasteiger charge is 2.14. The van der Waals surface area contributed by atoms with Crippen LogP contribution in [-0.4, -0.2) is 19.4 Å². The topological polar surface area (TPSA) is 20.3 Å². The Hall–Kier alpha value is -1.80. The zero-order valence-electron chi connectivity index (χ0n) is 11.2. The van der Waals surface area contributed by atoms with E-state index in [1.165, 1.54) is 11.1 Å². The van der Waals surface area contributed by atoms with Crippen LogP contribution in [0.4, 0.5) is 5.69 Å². The molecule has 1 aliphatic heterocycles. The Morgan fingerprint density at radius 1 is 1.00 bits per heavy atom. The number of rotatable bonds is 2. The van der Waals surface area contributed by atoms with Gasteiger partial charge in [0.2, 0.25) is 0 Å². The highest BCUT2D eigenvalue weighted by atomic mass is 35.5. The van der Waals surface area contributed by atoms with E-state index in [1.807, 2.05) is 12.1 Å². The summed E-state index contributed by atoms with van der Waals surface area (Å²) < 4.78 is 0. The Kier molecular flexibility index (Phi) is 3.75. The third-order valence-electron chi connectivity index (χ3n) is 3.90. The molecule has 0 unspecified atom stereocenters. The molecule has 0 amide bonds. The van der Waals surface area contributed by atoms with E-state index in [-0.39, 0.29) is 0 Å². The van der Waals surface area contributed by atoms with Crippen LogP contribution in [-0.2, 0) is 12.8 Å². The first-order valence-corrected chi connectivity index (χ1v) is 7.22. The van der Waals surface area contributed by atoms with E-state index in [0.717, 1.165) is 37.9 Å². The number of nitrogens with zero attached hydrogens (tertiary/aromatic N) is 1. The quantitative estimate of drug-likeness (QED) is 0.783. The van der Waals surface area contributed by atoms with Gasteiger partial charge in [-0.3, -0.25) is 4.79 Å². The lowest BCUT2D eigenvalue weighted by atomic mass is 10.0. The van der Waals surface area contributed by atoms with Gasteiger partial charge in [-0.15, -0.1) is 0 Å². The monoisotopic (exact) mass is 285 g/mol. The van der Waals surface area contributed by atoms with Gasteiger partial charge >= 0.3 is 0 Å². The lowest BCUT2D eigenvalue weighted by Gasteiger charge is -2.23. The van der Waals surface area contributed by atoms with Crippen LogP contribution in [0.25, 0.3) is 0 Å². The fraction of sp³-hybridized carbons (Fsp3) is 0.235. The molecule has 2 nitrogen and oxygen atoms in total. The van der Waals surface area contributed by atoms with E-state index in [0.29, 0.717) is 10.6 Å². The number of aldehydes is 1.